The largest absolute Gasteiger partial charge is 0.342 e. The number of aromatic nitrogens is 4. The summed E-state index contributed by atoms with van der Waals surface area (Å²) in [6, 6.07) is 7.95. The third kappa shape index (κ3) is 2.44. The lowest BCUT2D eigenvalue weighted by molar-refractivity contribution is 0.888. The van der Waals surface area contributed by atoms with Crippen LogP contribution in [-0.4, -0.2) is 19.9 Å². The van der Waals surface area contributed by atoms with E-state index < -0.39 is 0 Å². The first-order valence-electron chi connectivity index (χ1n) is 6.07. The number of hydrogen-bond acceptors (Lipinski definition) is 3. The zero-order chi connectivity index (χ0) is 13.2. The van der Waals surface area contributed by atoms with Crippen LogP contribution >= 0.6 is 11.6 Å². The quantitative estimate of drug-likeness (QED) is 0.746. The molecule has 0 fully saturated rings. The number of nitrogens with zero attached hydrogens (tertiary/aromatic N) is 3. The Kier molecular flexibility index (Phi) is 3.17. The van der Waals surface area contributed by atoms with Crippen LogP contribution in [0.5, 0.6) is 0 Å². The van der Waals surface area contributed by atoms with Gasteiger partial charge in [0, 0.05) is 17.5 Å². The predicted molar refractivity (Wildman–Crippen MR) is 75.2 cm³/mol. The summed E-state index contributed by atoms with van der Waals surface area (Å²) >= 11 is 5.80. The number of aromatic amines is 1. The molecular formula is C14H13ClN4. The first-order valence-corrected chi connectivity index (χ1v) is 6.60. The van der Waals surface area contributed by atoms with E-state index in [9.17, 15) is 0 Å². The van der Waals surface area contributed by atoms with Gasteiger partial charge in [0.1, 0.15) is 11.6 Å². The van der Waals surface area contributed by atoms with Gasteiger partial charge in [-0.3, -0.25) is 0 Å². The minimum atomic E-state index is 0.441. The minimum Gasteiger partial charge on any atom is -0.342 e. The second kappa shape index (κ2) is 4.97. The number of fused-ring (bicyclic) bond motifs is 1. The third-order valence-corrected chi connectivity index (χ3v) is 3.33. The molecule has 0 atom stereocenters. The molecule has 0 saturated carbocycles. The van der Waals surface area contributed by atoms with Crippen LogP contribution in [0.3, 0.4) is 0 Å². The van der Waals surface area contributed by atoms with Gasteiger partial charge in [0.05, 0.1) is 23.3 Å². The molecule has 5 heteroatoms. The lowest BCUT2D eigenvalue weighted by Crippen LogP contribution is -2.02. The molecule has 3 rings (SSSR count). The number of nitrogens with one attached hydrogen (secondary N) is 1. The van der Waals surface area contributed by atoms with Crippen LogP contribution < -0.4 is 0 Å². The van der Waals surface area contributed by atoms with Crippen molar-refractivity contribution in [2.45, 2.75) is 19.2 Å². The van der Waals surface area contributed by atoms with Crippen molar-refractivity contribution in [2.75, 3.05) is 0 Å². The van der Waals surface area contributed by atoms with Gasteiger partial charge in [-0.15, -0.1) is 11.6 Å². The van der Waals surface area contributed by atoms with Gasteiger partial charge in [-0.25, -0.2) is 15.0 Å². The molecule has 0 amide bonds. The molecule has 2 heterocycles. The van der Waals surface area contributed by atoms with Gasteiger partial charge in [-0.05, 0) is 19.1 Å². The normalized spacial score (nSPS) is 11.1. The second-order valence-electron chi connectivity index (χ2n) is 4.41. The van der Waals surface area contributed by atoms with E-state index in [0.29, 0.717) is 12.3 Å². The van der Waals surface area contributed by atoms with Crippen LogP contribution in [0.4, 0.5) is 0 Å². The highest BCUT2D eigenvalue weighted by atomic mass is 35.5. The molecule has 96 valence electrons. The van der Waals surface area contributed by atoms with Crippen LogP contribution in [0.2, 0.25) is 0 Å². The van der Waals surface area contributed by atoms with Gasteiger partial charge in [-0.2, -0.15) is 0 Å². The molecule has 0 aliphatic heterocycles. The van der Waals surface area contributed by atoms with E-state index in [2.05, 4.69) is 19.9 Å². The fourth-order valence-corrected chi connectivity index (χ4v) is 2.26. The third-order valence-electron chi connectivity index (χ3n) is 3.04. The van der Waals surface area contributed by atoms with Gasteiger partial charge in [0.15, 0.2) is 0 Å². The molecule has 0 aliphatic rings. The van der Waals surface area contributed by atoms with Crippen molar-refractivity contribution in [3.05, 3.63) is 53.4 Å². The zero-order valence-electron chi connectivity index (χ0n) is 10.5. The van der Waals surface area contributed by atoms with Crippen molar-refractivity contribution in [1.82, 2.24) is 19.9 Å². The average Bonchev–Trinajstić information content (AvgIpc) is 2.81. The summed E-state index contributed by atoms with van der Waals surface area (Å²) in [6.07, 6.45) is 2.38. The molecule has 0 aliphatic carbocycles. The molecule has 0 saturated heterocycles. The maximum Gasteiger partial charge on any atom is 0.136 e. The lowest BCUT2D eigenvalue weighted by Gasteiger charge is -2.02. The molecule has 0 bridgehead atoms. The van der Waals surface area contributed by atoms with E-state index in [1.165, 1.54) is 0 Å². The summed E-state index contributed by atoms with van der Waals surface area (Å²) < 4.78 is 0. The number of imidazole rings is 1. The Bertz CT molecular complexity index is 687. The molecule has 3 aromatic rings. The van der Waals surface area contributed by atoms with Crippen LogP contribution in [0, 0.1) is 6.92 Å². The second-order valence-corrected chi connectivity index (χ2v) is 4.68. The van der Waals surface area contributed by atoms with E-state index >= 15 is 0 Å². The van der Waals surface area contributed by atoms with Crippen LogP contribution in [0.15, 0.2) is 30.5 Å². The summed E-state index contributed by atoms with van der Waals surface area (Å²) in [7, 11) is 0. The highest BCUT2D eigenvalue weighted by Gasteiger charge is 2.07. The standard InChI is InChI=1S/C14H13ClN4/c1-9-10(7-15)8-16-13(17-9)6-14-18-11-4-2-3-5-12(11)19-14/h2-5,8H,6-7H2,1H3,(H,18,19). The molecule has 2 aromatic heterocycles. The first-order chi connectivity index (χ1) is 9.26. The van der Waals surface area contributed by atoms with Crippen molar-refractivity contribution in [2.24, 2.45) is 0 Å². The Labute approximate surface area is 115 Å². The minimum absolute atomic E-state index is 0.441. The fraction of sp³-hybridized carbons (Fsp3) is 0.214. The zero-order valence-corrected chi connectivity index (χ0v) is 11.3. The molecule has 0 spiro atoms. The maximum absolute atomic E-state index is 5.80. The van der Waals surface area contributed by atoms with Gasteiger partial charge >= 0.3 is 0 Å². The Hall–Kier alpha value is -1.94. The number of halogens is 1. The Morgan fingerprint density at radius 1 is 1.21 bits per heavy atom. The Morgan fingerprint density at radius 3 is 2.79 bits per heavy atom. The number of H-pyrrole nitrogens is 1. The van der Waals surface area contributed by atoms with Gasteiger partial charge < -0.3 is 4.98 Å². The molecule has 1 N–H and O–H groups in total. The summed E-state index contributed by atoms with van der Waals surface area (Å²) in [4.78, 5) is 16.6. The highest BCUT2D eigenvalue weighted by Crippen LogP contribution is 2.13. The number of para-hydroxylation sites is 2. The SMILES string of the molecule is Cc1nc(Cc2nc3ccccc3[nH]2)ncc1CCl. The monoisotopic (exact) mass is 272 g/mol. The molecule has 1 aromatic carbocycles. The van der Waals surface area contributed by atoms with Crippen LogP contribution in [-0.2, 0) is 12.3 Å². The van der Waals surface area contributed by atoms with Crippen LogP contribution in [0.1, 0.15) is 22.9 Å². The fourth-order valence-electron chi connectivity index (χ4n) is 2.00. The number of alkyl halides is 1. The summed E-state index contributed by atoms with van der Waals surface area (Å²) in [5.74, 6) is 2.07. The highest BCUT2D eigenvalue weighted by molar-refractivity contribution is 6.17. The van der Waals surface area contributed by atoms with Crippen LogP contribution in [0.25, 0.3) is 11.0 Å². The molecule has 0 radical (unpaired) electrons. The summed E-state index contributed by atoms with van der Waals surface area (Å²) in [6.45, 7) is 1.95. The Morgan fingerprint density at radius 2 is 2.05 bits per heavy atom. The van der Waals surface area contributed by atoms with E-state index in [-0.39, 0.29) is 0 Å². The van der Waals surface area contributed by atoms with Crippen molar-refractivity contribution in [1.29, 1.82) is 0 Å². The number of rotatable bonds is 3. The number of benzene rings is 1. The summed E-state index contributed by atoms with van der Waals surface area (Å²) in [5, 5.41) is 0. The topological polar surface area (TPSA) is 54.5 Å². The van der Waals surface area contributed by atoms with Gasteiger partial charge in [-0.1, -0.05) is 12.1 Å². The summed E-state index contributed by atoms with van der Waals surface area (Å²) in [5.41, 5.74) is 3.89. The van der Waals surface area contributed by atoms with Gasteiger partial charge in [0.25, 0.3) is 0 Å². The van der Waals surface area contributed by atoms with E-state index in [1.54, 1.807) is 6.20 Å². The van der Waals surface area contributed by atoms with Crippen molar-refractivity contribution >= 4 is 22.6 Å². The lowest BCUT2D eigenvalue weighted by atomic mass is 10.2. The average molecular weight is 273 g/mol. The van der Waals surface area contributed by atoms with Crippen molar-refractivity contribution < 1.29 is 0 Å². The number of aryl methyl sites for hydroxylation is 1. The first kappa shape index (κ1) is 12.1. The van der Waals surface area contributed by atoms with Gasteiger partial charge in [0.2, 0.25) is 0 Å². The van der Waals surface area contributed by atoms with E-state index in [0.717, 1.165) is 33.9 Å². The molecule has 4 nitrogen and oxygen atoms in total. The van der Waals surface area contributed by atoms with E-state index in [4.69, 9.17) is 11.6 Å². The van der Waals surface area contributed by atoms with Crippen molar-refractivity contribution in [3.63, 3.8) is 0 Å². The molecule has 19 heavy (non-hydrogen) atoms. The smallest absolute Gasteiger partial charge is 0.136 e. The number of hydrogen-bond donors (Lipinski definition) is 1. The maximum atomic E-state index is 5.80. The molecular weight excluding hydrogens is 260 g/mol. The van der Waals surface area contributed by atoms with Crippen molar-refractivity contribution in [3.8, 4) is 0 Å². The molecule has 0 unspecified atom stereocenters. The van der Waals surface area contributed by atoms with E-state index in [1.807, 2.05) is 31.2 Å². The predicted octanol–water partition coefficient (Wildman–Crippen LogP) is 2.99. The Balaban J connectivity index is 1.90.